The van der Waals surface area contributed by atoms with Crippen LogP contribution in [0.4, 0.5) is 18.0 Å². The predicted molar refractivity (Wildman–Crippen MR) is 97.4 cm³/mol. The van der Waals surface area contributed by atoms with Crippen molar-refractivity contribution in [2.24, 2.45) is 0 Å². The van der Waals surface area contributed by atoms with E-state index in [1.165, 1.54) is 17.0 Å². The van der Waals surface area contributed by atoms with E-state index in [0.717, 1.165) is 0 Å². The van der Waals surface area contributed by atoms with Crippen molar-refractivity contribution < 1.29 is 32.0 Å². The van der Waals surface area contributed by atoms with E-state index in [1.54, 1.807) is 13.8 Å². The Morgan fingerprint density at radius 2 is 2.00 bits per heavy atom. The van der Waals surface area contributed by atoms with E-state index < -0.39 is 23.4 Å². The molecular formula is C19H22F3N3O4. The zero-order valence-electron chi connectivity index (χ0n) is 16.4. The van der Waals surface area contributed by atoms with E-state index in [-0.39, 0.29) is 23.5 Å². The monoisotopic (exact) mass is 413 g/mol. The predicted octanol–water partition coefficient (Wildman–Crippen LogP) is 3.90. The Kier molecular flexibility index (Phi) is 5.46. The number of hydrogen-bond acceptors (Lipinski definition) is 5. The molecule has 0 unspecified atom stereocenters. The topological polar surface area (TPSA) is 84.7 Å². The first-order valence-corrected chi connectivity index (χ1v) is 9.31. The maximum absolute atomic E-state index is 13.1. The van der Waals surface area contributed by atoms with Gasteiger partial charge in [0.25, 0.3) is 5.91 Å². The summed E-state index contributed by atoms with van der Waals surface area (Å²) in [6.07, 6.45) is -3.01. The Bertz CT molecular complexity index is 937. The molecule has 1 aromatic heterocycles. The van der Waals surface area contributed by atoms with Crippen LogP contribution in [-0.2, 0) is 17.4 Å². The van der Waals surface area contributed by atoms with E-state index in [2.05, 4.69) is 10.5 Å². The first-order chi connectivity index (χ1) is 13.6. The third kappa shape index (κ3) is 3.88. The second kappa shape index (κ2) is 7.57. The van der Waals surface area contributed by atoms with Crippen molar-refractivity contribution in [1.29, 1.82) is 0 Å². The van der Waals surface area contributed by atoms with Crippen LogP contribution in [0.2, 0.25) is 0 Å². The molecule has 1 aliphatic rings. The Morgan fingerprint density at radius 3 is 2.59 bits per heavy atom. The van der Waals surface area contributed by atoms with Crippen molar-refractivity contribution >= 4 is 22.9 Å². The van der Waals surface area contributed by atoms with Gasteiger partial charge in [-0.1, -0.05) is 18.5 Å². The average Bonchev–Trinajstić information content (AvgIpc) is 3.14. The van der Waals surface area contributed by atoms with Gasteiger partial charge in [0.15, 0.2) is 11.3 Å². The van der Waals surface area contributed by atoms with Gasteiger partial charge in [0, 0.05) is 12.1 Å². The SMILES string of the molecule is CCCc1c(OCCCN2C(=O)NC(=O)C2(C)C)ccc2c(C(F)(F)F)noc12. The van der Waals surface area contributed by atoms with Crippen LogP contribution >= 0.6 is 0 Å². The van der Waals surface area contributed by atoms with Gasteiger partial charge in [-0.15, -0.1) is 0 Å². The number of carbonyl (C=O) groups excluding carboxylic acids is 2. The fourth-order valence-corrected chi connectivity index (χ4v) is 3.35. The number of hydrogen-bond donors (Lipinski definition) is 1. The molecule has 7 nitrogen and oxygen atoms in total. The van der Waals surface area contributed by atoms with Gasteiger partial charge < -0.3 is 14.2 Å². The van der Waals surface area contributed by atoms with E-state index in [9.17, 15) is 22.8 Å². The number of imide groups is 1. The Balaban J connectivity index is 1.72. The van der Waals surface area contributed by atoms with Crippen LogP contribution < -0.4 is 10.1 Å². The third-order valence-corrected chi connectivity index (χ3v) is 4.95. The molecule has 1 fully saturated rings. The van der Waals surface area contributed by atoms with Crippen molar-refractivity contribution in [2.75, 3.05) is 13.2 Å². The van der Waals surface area contributed by atoms with Crippen LogP contribution in [0.1, 0.15) is 44.9 Å². The Morgan fingerprint density at radius 1 is 1.28 bits per heavy atom. The lowest BCUT2D eigenvalue weighted by atomic mass is 10.0. The smallest absolute Gasteiger partial charge is 0.437 e. The number of amides is 3. The number of halogens is 3. The number of carbonyl (C=O) groups is 2. The lowest BCUT2D eigenvalue weighted by Crippen LogP contribution is -2.44. The second-order valence-electron chi connectivity index (χ2n) is 7.37. The number of fused-ring (bicyclic) bond motifs is 1. The summed E-state index contributed by atoms with van der Waals surface area (Å²) in [6, 6.07) is 2.32. The summed E-state index contributed by atoms with van der Waals surface area (Å²) in [6.45, 7) is 5.73. The molecule has 3 amide bonds. The second-order valence-corrected chi connectivity index (χ2v) is 7.37. The molecule has 10 heteroatoms. The van der Waals surface area contributed by atoms with Gasteiger partial charge in [0.1, 0.15) is 11.3 Å². The molecular weight excluding hydrogens is 391 g/mol. The van der Waals surface area contributed by atoms with Crippen molar-refractivity contribution in [2.45, 2.75) is 51.7 Å². The van der Waals surface area contributed by atoms with Crippen LogP contribution in [0.15, 0.2) is 16.7 Å². The summed E-state index contributed by atoms with van der Waals surface area (Å²) in [7, 11) is 0. The summed E-state index contributed by atoms with van der Waals surface area (Å²) < 4.78 is 50.0. The molecule has 1 N–H and O–H groups in total. The van der Waals surface area contributed by atoms with E-state index in [0.29, 0.717) is 37.1 Å². The molecule has 0 radical (unpaired) electrons. The highest BCUT2D eigenvalue weighted by Gasteiger charge is 2.45. The zero-order valence-corrected chi connectivity index (χ0v) is 16.4. The highest BCUT2D eigenvalue weighted by molar-refractivity contribution is 6.06. The van der Waals surface area contributed by atoms with Crippen molar-refractivity contribution in [3.05, 3.63) is 23.4 Å². The molecule has 1 aliphatic heterocycles. The number of ether oxygens (including phenoxy) is 1. The molecule has 1 aromatic carbocycles. The van der Waals surface area contributed by atoms with Gasteiger partial charge in [-0.05, 0) is 38.8 Å². The molecule has 158 valence electrons. The van der Waals surface area contributed by atoms with Crippen LogP contribution in [0, 0.1) is 0 Å². The minimum atomic E-state index is -4.60. The fraction of sp³-hybridized carbons (Fsp3) is 0.526. The molecule has 0 saturated carbocycles. The third-order valence-electron chi connectivity index (χ3n) is 4.95. The van der Waals surface area contributed by atoms with Gasteiger partial charge in [-0.2, -0.15) is 13.2 Å². The summed E-state index contributed by atoms with van der Waals surface area (Å²) in [4.78, 5) is 25.1. The molecule has 1 saturated heterocycles. The quantitative estimate of drug-likeness (QED) is 0.550. The summed E-state index contributed by atoms with van der Waals surface area (Å²) in [5, 5.41) is 5.37. The van der Waals surface area contributed by atoms with Crippen LogP contribution in [-0.4, -0.2) is 40.7 Å². The van der Waals surface area contributed by atoms with Crippen molar-refractivity contribution in [1.82, 2.24) is 15.4 Å². The summed E-state index contributed by atoms with van der Waals surface area (Å²) in [5.41, 5.74) is -1.38. The Labute approximate surface area is 165 Å². The standard InChI is InChI=1S/C19H22F3N3O4/c1-4-6-11-13(8-7-12-14(11)29-24-15(12)19(20,21)22)28-10-5-9-25-17(27)23-16(26)18(25,2)3/h7-8H,4-6,9-10H2,1-3H3,(H,23,26,27). The number of aromatic nitrogens is 1. The first kappa shape index (κ1) is 20.9. The Hall–Kier alpha value is -2.78. The van der Waals surface area contributed by atoms with Crippen molar-refractivity contribution in [3.8, 4) is 5.75 Å². The first-order valence-electron chi connectivity index (χ1n) is 9.31. The molecule has 0 atom stereocenters. The van der Waals surface area contributed by atoms with Crippen LogP contribution in [0.3, 0.4) is 0 Å². The highest BCUT2D eigenvalue weighted by atomic mass is 19.4. The molecule has 3 rings (SSSR count). The van der Waals surface area contributed by atoms with Crippen LogP contribution in [0.25, 0.3) is 11.0 Å². The normalized spacial score (nSPS) is 16.6. The fourth-order valence-electron chi connectivity index (χ4n) is 3.35. The van der Waals surface area contributed by atoms with Crippen LogP contribution in [0.5, 0.6) is 5.75 Å². The summed E-state index contributed by atoms with van der Waals surface area (Å²) >= 11 is 0. The number of urea groups is 1. The highest BCUT2D eigenvalue weighted by Crippen LogP contribution is 2.38. The number of alkyl halides is 3. The number of aryl methyl sites for hydroxylation is 1. The van der Waals surface area contributed by atoms with E-state index in [4.69, 9.17) is 9.26 Å². The van der Waals surface area contributed by atoms with Crippen molar-refractivity contribution in [3.63, 3.8) is 0 Å². The van der Waals surface area contributed by atoms with Gasteiger partial charge in [-0.25, -0.2) is 4.79 Å². The van der Waals surface area contributed by atoms with E-state index >= 15 is 0 Å². The zero-order chi connectivity index (χ0) is 21.4. The maximum Gasteiger partial charge on any atom is 0.437 e. The lowest BCUT2D eigenvalue weighted by molar-refractivity contribution is -0.141. The number of rotatable bonds is 7. The average molecular weight is 413 g/mol. The lowest BCUT2D eigenvalue weighted by Gasteiger charge is -2.27. The minimum absolute atomic E-state index is 0.0716. The van der Waals surface area contributed by atoms with Gasteiger partial charge in [0.05, 0.1) is 12.0 Å². The van der Waals surface area contributed by atoms with Gasteiger partial charge in [-0.3, -0.25) is 10.1 Å². The van der Waals surface area contributed by atoms with Gasteiger partial charge in [0.2, 0.25) is 0 Å². The number of nitrogens with one attached hydrogen (secondary N) is 1. The molecule has 0 spiro atoms. The van der Waals surface area contributed by atoms with Gasteiger partial charge >= 0.3 is 12.2 Å². The summed E-state index contributed by atoms with van der Waals surface area (Å²) in [5.74, 6) is 0.0651. The van der Waals surface area contributed by atoms with E-state index in [1.807, 2.05) is 6.92 Å². The molecule has 2 aromatic rings. The number of nitrogens with zero attached hydrogens (tertiary/aromatic N) is 2. The molecule has 29 heavy (non-hydrogen) atoms. The molecule has 2 heterocycles. The molecule has 0 aliphatic carbocycles. The largest absolute Gasteiger partial charge is 0.493 e. The maximum atomic E-state index is 13.1. The number of benzene rings is 1. The minimum Gasteiger partial charge on any atom is -0.493 e. The molecule has 0 bridgehead atoms.